The molecule has 0 saturated heterocycles. The van der Waals surface area contributed by atoms with E-state index in [1.54, 1.807) is 31.5 Å². The van der Waals surface area contributed by atoms with Crippen LogP contribution in [0, 0.1) is 0 Å². The van der Waals surface area contributed by atoms with Crippen LogP contribution in [0.1, 0.15) is 16.1 Å². The van der Waals surface area contributed by atoms with Gasteiger partial charge in [-0.3, -0.25) is 9.78 Å². The van der Waals surface area contributed by atoms with Gasteiger partial charge < -0.3 is 14.6 Å². The molecule has 1 amide bonds. The molecule has 0 aliphatic rings. The third-order valence-corrected chi connectivity index (χ3v) is 3.29. The number of benzene rings is 1. The van der Waals surface area contributed by atoms with Crippen LogP contribution >= 0.6 is 0 Å². The number of pyridine rings is 1. The molecule has 0 saturated carbocycles. The van der Waals surface area contributed by atoms with Gasteiger partial charge in [0.1, 0.15) is 11.4 Å². The van der Waals surface area contributed by atoms with E-state index in [1.165, 1.54) is 6.20 Å². The molecule has 0 bridgehead atoms. The van der Waals surface area contributed by atoms with Crippen molar-refractivity contribution in [2.24, 2.45) is 0 Å². The molecule has 0 atom stereocenters. The molecular weight excluding hydrogens is 294 g/mol. The van der Waals surface area contributed by atoms with Crippen LogP contribution in [0.4, 0.5) is 0 Å². The molecule has 0 spiro atoms. The average molecular weight is 309 g/mol. The van der Waals surface area contributed by atoms with Gasteiger partial charge in [0.25, 0.3) is 5.91 Å². The highest BCUT2D eigenvalue weighted by Gasteiger charge is 2.12. The SMILES string of the molecule is COc1ccccc1-c1cc(CNC(=O)c2cccnc2)on1. The summed E-state index contributed by atoms with van der Waals surface area (Å²) in [6.07, 6.45) is 3.13. The fourth-order valence-electron chi connectivity index (χ4n) is 2.15. The smallest absolute Gasteiger partial charge is 0.253 e. The zero-order valence-electron chi connectivity index (χ0n) is 12.5. The molecule has 2 aromatic heterocycles. The maximum absolute atomic E-state index is 12.0. The quantitative estimate of drug-likeness (QED) is 0.784. The monoisotopic (exact) mass is 309 g/mol. The number of aromatic nitrogens is 2. The highest BCUT2D eigenvalue weighted by Crippen LogP contribution is 2.28. The van der Waals surface area contributed by atoms with E-state index in [2.05, 4.69) is 15.5 Å². The maximum Gasteiger partial charge on any atom is 0.253 e. The minimum atomic E-state index is -0.214. The fraction of sp³-hybridized carbons (Fsp3) is 0.118. The number of methoxy groups -OCH3 is 1. The molecule has 6 nitrogen and oxygen atoms in total. The molecule has 0 radical (unpaired) electrons. The normalized spacial score (nSPS) is 10.3. The van der Waals surface area contributed by atoms with E-state index in [0.717, 1.165) is 5.56 Å². The van der Waals surface area contributed by atoms with Crippen molar-refractivity contribution in [1.82, 2.24) is 15.5 Å². The Hall–Kier alpha value is -3.15. The van der Waals surface area contributed by atoms with Crippen LogP contribution in [-0.4, -0.2) is 23.2 Å². The maximum atomic E-state index is 12.0. The van der Waals surface area contributed by atoms with Crippen molar-refractivity contribution < 1.29 is 14.1 Å². The summed E-state index contributed by atoms with van der Waals surface area (Å²) in [4.78, 5) is 15.9. The first-order valence-electron chi connectivity index (χ1n) is 7.05. The molecule has 3 aromatic rings. The molecule has 1 aromatic carbocycles. The molecule has 0 aliphatic heterocycles. The van der Waals surface area contributed by atoms with E-state index in [4.69, 9.17) is 9.26 Å². The van der Waals surface area contributed by atoms with E-state index in [9.17, 15) is 4.79 Å². The Morgan fingerprint density at radius 1 is 1.26 bits per heavy atom. The van der Waals surface area contributed by atoms with E-state index in [0.29, 0.717) is 22.8 Å². The summed E-state index contributed by atoms with van der Waals surface area (Å²) in [5.41, 5.74) is 1.99. The summed E-state index contributed by atoms with van der Waals surface area (Å²) < 4.78 is 10.6. The number of rotatable bonds is 5. The highest BCUT2D eigenvalue weighted by molar-refractivity contribution is 5.93. The topological polar surface area (TPSA) is 77.2 Å². The Morgan fingerprint density at radius 2 is 2.13 bits per heavy atom. The molecule has 0 aliphatic carbocycles. The van der Waals surface area contributed by atoms with Gasteiger partial charge in [0.2, 0.25) is 0 Å². The van der Waals surface area contributed by atoms with Crippen molar-refractivity contribution in [2.45, 2.75) is 6.54 Å². The number of nitrogens with one attached hydrogen (secondary N) is 1. The van der Waals surface area contributed by atoms with Crippen molar-refractivity contribution in [3.05, 3.63) is 66.2 Å². The Bertz CT molecular complexity index is 800. The number of hydrogen-bond donors (Lipinski definition) is 1. The standard InChI is InChI=1S/C17H15N3O3/c1-22-16-7-3-2-6-14(16)15-9-13(23-20-15)11-19-17(21)12-5-4-8-18-10-12/h2-10H,11H2,1H3,(H,19,21). The first kappa shape index (κ1) is 14.8. The molecule has 6 heteroatoms. The average Bonchev–Trinajstić information content (AvgIpc) is 3.09. The van der Waals surface area contributed by atoms with Crippen LogP contribution in [0.15, 0.2) is 59.4 Å². The molecule has 23 heavy (non-hydrogen) atoms. The van der Waals surface area contributed by atoms with E-state index >= 15 is 0 Å². The largest absolute Gasteiger partial charge is 0.496 e. The summed E-state index contributed by atoms with van der Waals surface area (Å²) in [6.45, 7) is 0.246. The van der Waals surface area contributed by atoms with Crippen LogP contribution in [0.5, 0.6) is 5.75 Å². The minimum Gasteiger partial charge on any atom is -0.496 e. The lowest BCUT2D eigenvalue weighted by atomic mass is 10.1. The second kappa shape index (κ2) is 6.74. The van der Waals surface area contributed by atoms with Crippen LogP contribution in [0.3, 0.4) is 0 Å². The lowest BCUT2D eigenvalue weighted by Gasteiger charge is -2.04. The summed E-state index contributed by atoms with van der Waals surface area (Å²) in [5.74, 6) is 1.06. The Morgan fingerprint density at radius 3 is 2.91 bits per heavy atom. The zero-order valence-corrected chi connectivity index (χ0v) is 12.5. The van der Waals surface area contributed by atoms with Gasteiger partial charge in [0.15, 0.2) is 5.76 Å². The van der Waals surface area contributed by atoms with Gasteiger partial charge in [0.05, 0.1) is 19.2 Å². The van der Waals surface area contributed by atoms with Gasteiger partial charge in [-0.2, -0.15) is 0 Å². The van der Waals surface area contributed by atoms with Crippen molar-refractivity contribution in [3.63, 3.8) is 0 Å². The summed E-state index contributed by atoms with van der Waals surface area (Å²) in [6, 6.07) is 12.7. The van der Waals surface area contributed by atoms with Crippen LogP contribution in [0.2, 0.25) is 0 Å². The molecule has 1 N–H and O–H groups in total. The van der Waals surface area contributed by atoms with E-state index in [-0.39, 0.29) is 12.5 Å². The van der Waals surface area contributed by atoms with Crippen LogP contribution < -0.4 is 10.1 Å². The minimum absolute atomic E-state index is 0.214. The van der Waals surface area contributed by atoms with Gasteiger partial charge in [-0.25, -0.2) is 0 Å². The van der Waals surface area contributed by atoms with Crippen molar-refractivity contribution in [3.8, 4) is 17.0 Å². The highest BCUT2D eigenvalue weighted by atomic mass is 16.5. The number of hydrogen-bond acceptors (Lipinski definition) is 5. The Kier molecular flexibility index (Phi) is 4.33. The number of nitrogens with zero attached hydrogens (tertiary/aromatic N) is 2. The third-order valence-electron chi connectivity index (χ3n) is 3.29. The van der Waals surface area contributed by atoms with Gasteiger partial charge in [-0.1, -0.05) is 17.3 Å². The zero-order chi connectivity index (χ0) is 16.1. The predicted octanol–water partition coefficient (Wildman–Crippen LogP) is 2.68. The number of ether oxygens (including phenoxy) is 1. The molecule has 0 unspecified atom stereocenters. The number of carbonyl (C=O) groups excluding carboxylic acids is 1. The first-order valence-corrected chi connectivity index (χ1v) is 7.05. The Balaban J connectivity index is 1.69. The van der Waals surface area contributed by atoms with Gasteiger partial charge in [0, 0.05) is 24.0 Å². The molecular formula is C17H15N3O3. The summed E-state index contributed by atoms with van der Waals surface area (Å²) in [5, 5.41) is 6.79. The van der Waals surface area contributed by atoms with E-state index in [1.807, 2.05) is 24.3 Å². The third kappa shape index (κ3) is 3.37. The molecule has 2 heterocycles. The van der Waals surface area contributed by atoms with Gasteiger partial charge in [-0.05, 0) is 24.3 Å². The second-order valence-electron chi connectivity index (χ2n) is 4.80. The van der Waals surface area contributed by atoms with Crippen molar-refractivity contribution in [1.29, 1.82) is 0 Å². The number of amides is 1. The summed E-state index contributed by atoms with van der Waals surface area (Å²) in [7, 11) is 1.61. The van der Waals surface area contributed by atoms with Crippen LogP contribution in [-0.2, 0) is 6.54 Å². The number of para-hydroxylation sites is 1. The molecule has 116 valence electrons. The van der Waals surface area contributed by atoms with Crippen molar-refractivity contribution >= 4 is 5.91 Å². The van der Waals surface area contributed by atoms with E-state index < -0.39 is 0 Å². The van der Waals surface area contributed by atoms with Crippen LogP contribution in [0.25, 0.3) is 11.3 Å². The second-order valence-corrected chi connectivity index (χ2v) is 4.80. The Labute approximate surface area is 133 Å². The first-order chi connectivity index (χ1) is 11.3. The van der Waals surface area contributed by atoms with Gasteiger partial charge >= 0.3 is 0 Å². The molecule has 0 fully saturated rings. The fourth-order valence-corrected chi connectivity index (χ4v) is 2.15. The number of carbonyl (C=O) groups is 1. The lowest BCUT2D eigenvalue weighted by Crippen LogP contribution is -2.22. The lowest BCUT2D eigenvalue weighted by molar-refractivity contribution is 0.0946. The van der Waals surface area contributed by atoms with Gasteiger partial charge in [-0.15, -0.1) is 0 Å². The molecule has 3 rings (SSSR count). The van der Waals surface area contributed by atoms with Crippen molar-refractivity contribution in [2.75, 3.05) is 7.11 Å². The summed E-state index contributed by atoms with van der Waals surface area (Å²) >= 11 is 0. The predicted molar refractivity (Wildman–Crippen MR) is 83.9 cm³/mol.